The quantitative estimate of drug-likeness (QED) is 0.851. The third-order valence-corrected chi connectivity index (χ3v) is 3.75. The van der Waals surface area contributed by atoms with E-state index in [0.29, 0.717) is 13.0 Å². The van der Waals surface area contributed by atoms with E-state index in [1.54, 1.807) is 0 Å². The second-order valence-electron chi connectivity index (χ2n) is 5.21. The van der Waals surface area contributed by atoms with Gasteiger partial charge in [-0.25, -0.2) is 0 Å². The lowest BCUT2D eigenvalue weighted by molar-refractivity contribution is -0.115. The molecule has 0 radical (unpaired) electrons. The number of aryl methyl sites for hydroxylation is 2. The minimum atomic E-state index is 0.0768. The minimum absolute atomic E-state index is 0.0768. The van der Waals surface area contributed by atoms with Crippen molar-refractivity contribution in [3.05, 3.63) is 53.6 Å². The van der Waals surface area contributed by atoms with Gasteiger partial charge < -0.3 is 10.2 Å². The Morgan fingerprint density at radius 1 is 1.00 bits per heavy atom. The summed E-state index contributed by atoms with van der Waals surface area (Å²) in [6.45, 7) is 4.89. The summed E-state index contributed by atoms with van der Waals surface area (Å²) in [4.78, 5) is 14.1. The first kappa shape index (κ1) is 12.7. The molecule has 0 aliphatic carbocycles. The number of nitrogens with one attached hydrogen (secondary N) is 1. The predicted molar refractivity (Wildman–Crippen MR) is 82.6 cm³/mol. The number of hydrogen-bond donors (Lipinski definition) is 1. The molecule has 20 heavy (non-hydrogen) atoms. The molecule has 0 unspecified atom stereocenters. The summed E-state index contributed by atoms with van der Waals surface area (Å²) >= 11 is 0. The number of carbonyl (C=O) groups excluding carboxylic acids is 1. The molecule has 3 nitrogen and oxygen atoms in total. The van der Waals surface area contributed by atoms with Gasteiger partial charge in [0, 0.05) is 18.7 Å². The normalized spacial score (nSPS) is 14.5. The Hall–Kier alpha value is -2.29. The van der Waals surface area contributed by atoms with Crippen LogP contribution >= 0.6 is 0 Å². The number of amides is 1. The van der Waals surface area contributed by atoms with Crippen molar-refractivity contribution in [2.24, 2.45) is 0 Å². The van der Waals surface area contributed by atoms with Crippen LogP contribution in [0.15, 0.2) is 42.5 Å². The summed E-state index contributed by atoms with van der Waals surface area (Å²) in [5.74, 6) is 0.0768. The summed E-state index contributed by atoms with van der Waals surface area (Å²) < 4.78 is 0. The second kappa shape index (κ2) is 5.00. The lowest BCUT2D eigenvalue weighted by Gasteiger charge is -2.27. The molecule has 0 saturated heterocycles. The zero-order valence-electron chi connectivity index (χ0n) is 11.8. The first-order valence-corrected chi connectivity index (χ1v) is 6.89. The summed E-state index contributed by atoms with van der Waals surface area (Å²) in [7, 11) is 0. The van der Waals surface area contributed by atoms with Gasteiger partial charge in [-0.05, 0) is 37.1 Å². The Kier molecular flexibility index (Phi) is 3.18. The fourth-order valence-electron chi connectivity index (χ4n) is 2.76. The maximum Gasteiger partial charge on any atom is 0.226 e. The van der Waals surface area contributed by atoms with Crippen molar-refractivity contribution in [2.75, 3.05) is 16.8 Å². The number of benzene rings is 2. The molecular formula is C17H18N2O. The van der Waals surface area contributed by atoms with Gasteiger partial charge in [0.1, 0.15) is 0 Å². The Morgan fingerprint density at radius 2 is 1.75 bits per heavy atom. The zero-order valence-corrected chi connectivity index (χ0v) is 11.8. The maximum atomic E-state index is 11.9. The van der Waals surface area contributed by atoms with Crippen molar-refractivity contribution < 1.29 is 4.79 Å². The van der Waals surface area contributed by atoms with E-state index in [-0.39, 0.29) is 5.91 Å². The lowest BCUT2D eigenvalue weighted by Crippen LogP contribution is -2.20. The monoisotopic (exact) mass is 266 g/mol. The molecule has 1 N–H and O–H groups in total. The van der Waals surface area contributed by atoms with Gasteiger partial charge >= 0.3 is 0 Å². The van der Waals surface area contributed by atoms with Crippen LogP contribution in [0, 0.1) is 13.8 Å². The molecule has 1 amide bonds. The highest BCUT2D eigenvalue weighted by Gasteiger charge is 2.22. The van der Waals surface area contributed by atoms with Gasteiger partial charge in [-0.2, -0.15) is 0 Å². The fraction of sp³-hybridized carbons (Fsp3) is 0.235. The van der Waals surface area contributed by atoms with E-state index in [9.17, 15) is 4.79 Å². The Morgan fingerprint density at radius 3 is 2.55 bits per heavy atom. The van der Waals surface area contributed by atoms with Crippen LogP contribution in [-0.2, 0) is 4.79 Å². The van der Waals surface area contributed by atoms with Gasteiger partial charge in [-0.1, -0.05) is 30.3 Å². The van der Waals surface area contributed by atoms with Gasteiger partial charge in [-0.15, -0.1) is 0 Å². The predicted octanol–water partition coefficient (Wildman–Crippen LogP) is 3.78. The zero-order chi connectivity index (χ0) is 14.1. The highest BCUT2D eigenvalue weighted by molar-refractivity contribution is 5.98. The molecule has 1 aliphatic rings. The van der Waals surface area contributed by atoms with E-state index < -0.39 is 0 Å². The van der Waals surface area contributed by atoms with Gasteiger partial charge in [0.2, 0.25) is 5.91 Å². The van der Waals surface area contributed by atoms with E-state index in [4.69, 9.17) is 0 Å². The van der Waals surface area contributed by atoms with Crippen LogP contribution in [0.3, 0.4) is 0 Å². The molecule has 0 aromatic heterocycles. The Balaban J connectivity index is 2.18. The van der Waals surface area contributed by atoms with Gasteiger partial charge in [0.15, 0.2) is 0 Å². The Labute approximate surface area is 119 Å². The fourth-order valence-corrected chi connectivity index (χ4v) is 2.76. The molecule has 0 fully saturated rings. The van der Waals surface area contributed by atoms with E-state index in [1.807, 2.05) is 24.3 Å². The standard InChI is InChI=1S/C17H18N2O/c1-12-6-3-4-9-15(12)19-11-10-16(20)18-14-8-5-7-13(2)17(14)19/h3-9H,10-11H2,1-2H3,(H,18,20). The molecule has 1 heterocycles. The van der Waals surface area contributed by atoms with E-state index in [0.717, 1.165) is 11.4 Å². The molecule has 0 saturated carbocycles. The molecule has 2 aromatic carbocycles. The van der Waals surface area contributed by atoms with E-state index >= 15 is 0 Å². The highest BCUT2D eigenvalue weighted by Crippen LogP contribution is 2.38. The first-order chi connectivity index (χ1) is 9.66. The molecule has 0 atom stereocenters. The number of anilines is 3. The summed E-state index contributed by atoms with van der Waals surface area (Å²) in [5, 5.41) is 3.00. The topological polar surface area (TPSA) is 32.3 Å². The van der Waals surface area contributed by atoms with Crippen molar-refractivity contribution in [3.63, 3.8) is 0 Å². The first-order valence-electron chi connectivity index (χ1n) is 6.89. The van der Waals surface area contributed by atoms with Gasteiger partial charge in [-0.3, -0.25) is 4.79 Å². The summed E-state index contributed by atoms with van der Waals surface area (Å²) in [5.41, 5.74) is 5.56. The number of rotatable bonds is 1. The number of para-hydroxylation sites is 2. The van der Waals surface area contributed by atoms with Crippen molar-refractivity contribution >= 4 is 23.0 Å². The number of carbonyl (C=O) groups is 1. The SMILES string of the molecule is Cc1ccccc1N1CCC(=O)Nc2cccc(C)c21. The molecular weight excluding hydrogens is 248 g/mol. The van der Waals surface area contributed by atoms with Crippen LogP contribution in [-0.4, -0.2) is 12.5 Å². The molecule has 1 aliphatic heterocycles. The number of hydrogen-bond acceptors (Lipinski definition) is 2. The number of fused-ring (bicyclic) bond motifs is 1. The molecule has 0 bridgehead atoms. The van der Waals surface area contributed by atoms with Gasteiger partial charge in [0.05, 0.1) is 11.4 Å². The van der Waals surface area contributed by atoms with Crippen molar-refractivity contribution in [1.82, 2.24) is 0 Å². The van der Waals surface area contributed by atoms with Crippen LogP contribution in [0.5, 0.6) is 0 Å². The van der Waals surface area contributed by atoms with Crippen molar-refractivity contribution in [2.45, 2.75) is 20.3 Å². The highest BCUT2D eigenvalue weighted by atomic mass is 16.1. The molecule has 0 spiro atoms. The van der Waals surface area contributed by atoms with E-state index in [2.05, 4.69) is 42.3 Å². The average molecular weight is 266 g/mol. The van der Waals surface area contributed by atoms with Crippen molar-refractivity contribution in [1.29, 1.82) is 0 Å². The minimum Gasteiger partial charge on any atom is -0.339 e. The van der Waals surface area contributed by atoms with Crippen LogP contribution in [0.4, 0.5) is 17.1 Å². The van der Waals surface area contributed by atoms with Gasteiger partial charge in [0.25, 0.3) is 0 Å². The molecule has 2 aromatic rings. The molecule has 102 valence electrons. The lowest BCUT2D eigenvalue weighted by atomic mass is 10.1. The molecule has 3 rings (SSSR count). The third kappa shape index (κ3) is 2.16. The average Bonchev–Trinajstić information content (AvgIpc) is 2.59. The van der Waals surface area contributed by atoms with E-state index in [1.165, 1.54) is 16.8 Å². The Bertz CT molecular complexity index is 664. The summed E-state index contributed by atoms with van der Waals surface area (Å²) in [6, 6.07) is 14.3. The van der Waals surface area contributed by atoms with Crippen LogP contribution in [0.25, 0.3) is 0 Å². The van der Waals surface area contributed by atoms with Crippen LogP contribution in [0.1, 0.15) is 17.5 Å². The van der Waals surface area contributed by atoms with Crippen LogP contribution < -0.4 is 10.2 Å². The smallest absolute Gasteiger partial charge is 0.226 e. The maximum absolute atomic E-state index is 11.9. The molecule has 3 heteroatoms. The second-order valence-corrected chi connectivity index (χ2v) is 5.21. The largest absolute Gasteiger partial charge is 0.339 e. The summed E-state index contributed by atoms with van der Waals surface area (Å²) in [6.07, 6.45) is 0.502. The number of nitrogens with zero attached hydrogens (tertiary/aromatic N) is 1. The third-order valence-electron chi connectivity index (χ3n) is 3.75. The van der Waals surface area contributed by atoms with Crippen molar-refractivity contribution in [3.8, 4) is 0 Å². The van der Waals surface area contributed by atoms with Crippen LogP contribution in [0.2, 0.25) is 0 Å².